The molecular formula is C13H12Cl2N2O. The smallest absolute Gasteiger partial charge is 0.162 e. The van der Waals surface area contributed by atoms with Gasteiger partial charge in [-0.3, -0.25) is 0 Å². The molecule has 0 saturated heterocycles. The molecule has 0 bridgehead atoms. The zero-order chi connectivity index (χ0) is 13.0. The lowest BCUT2D eigenvalue weighted by Gasteiger charge is -2.05. The standard InChI is InChI=1S/C13H12Cl2N2O/c1-2-7-18-10-5-3-9(4-6-10)13-16-11(14)8-12(15)17-13/h3-6,8H,2,7H2,1H3. The summed E-state index contributed by atoms with van der Waals surface area (Å²) >= 11 is 11.7. The zero-order valence-corrected chi connectivity index (χ0v) is 11.4. The second-order valence-corrected chi connectivity index (χ2v) is 4.48. The minimum absolute atomic E-state index is 0.330. The number of halogens is 2. The van der Waals surface area contributed by atoms with E-state index in [0.29, 0.717) is 22.7 Å². The van der Waals surface area contributed by atoms with Crippen molar-refractivity contribution >= 4 is 23.2 Å². The van der Waals surface area contributed by atoms with E-state index in [0.717, 1.165) is 17.7 Å². The normalized spacial score (nSPS) is 10.4. The average Bonchev–Trinajstić information content (AvgIpc) is 2.36. The maximum absolute atomic E-state index is 5.84. The molecule has 18 heavy (non-hydrogen) atoms. The van der Waals surface area contributed by atoms with E-state index >= 15 is 0 Å². The largest absolute Gasteiger partial charge is 0.494 e. The van der Waals surface area contributed by atoms with Crippen molar-refractivity contribution in [1.82, 2.24) is 9.97 Å². The SMILES string of the molecule is CCCOc1ccc(-c2nc(Cl)cc(Cl)n2)cc1. The van der Waals surface area contributed by atoms with Crippen LogP contribution in [0.3, 0.4) is 0 Å². The fourth-order valence-corrected chi connectivity index (χ4v) is 1.86. The maximum atomic E-state index is 5.84. The van der Waals surface area contributed by atoms with Gasteiger partial charge in [0, 0.05) is 11.6 Å². The van der Waals surface area contributed by atoms with Crippen LogP contribution >= 0.6 is 23.2 Å². The summed E-state index contributed by atoms with van der Waals surface area (Å²) in [6.45, 7) is 2.77. The molecule has 1 aromatic heterocycles. The van der Waals surface area contributed by atoms with Gasteiger partial charge in [0.1, 0.15) is 16.1 Å². The minimum Gasteiger partial charge on any atom is -0.494 e. The predicted molar refractivity (Wildman–Crippen MR) is 73.3 cm³/mol. The molecule has 0 radical (unpaired) electrons. The first-order valence-corrected chi connectivity index (χ1v) is 6.38. The van der Waals surface area contributed by atoms with Crippen LogP contribution in [0.15, 0.2) is 30.3 Å². The Kier molecular flexibility index (Phi) is 4.39. The molecule has 0 spiro atoms. The highest BCUT2D eigenvalue weighted by Gasteiger charge is 2.05. The molecule has 94 valence electrons. The Morgan fingerprint density at radius 3 is 2.22 bits per heavy atom. The van der Waals surface area contributed by atoms with Crippen molar-refractivity contribution in [3.63, 3.8) is 0 Å². The molecule has 0 atom stereocenters. The molecule has 2 aromatic rings. The Morgan fingerprint density at radius 2 is 1.67 bits per heavy atom. The molecule has 0 N–H and O–H groups in total. The van der Waals surface area contributed by atoms with Gasteiger partial charge in [-0.1, -0.05) is 30.1 Å². The topological polar surface area (TPSA) is 35.0 Å². The first kappa shape index (κ1) is 13.1. The first-order chi connectivity index (χ1) is 8.69. The average molecular weight is 283 g/mol. The highest BCUT2D eigenvalue weighted by Crippen LogP contribution is 2.22. The third kappa shape index (κ3) is 3.34. The third-order valence-electron chi connectivity index (χ3n) is 2.25. The molecule has 0 unspecified atom stereocenters. The lowest BCUT2D eigenvalue weighted by atomic mass is 10.2. The Bertz CT molecular complexity index is 509. The lowest BCUT2D eigenvalue weighted by Crippen LogP contribution is -1.95. The summed E-state index contributed by atoms with van der Waals surface area (Å²) in [7, 11) is 0. The van der Waals surface area contributed by atoms with Crippen molar-refractivity contribution in [3.05, 3.63) is 40.6 Å². The molecule has 1 heterocycles. The van der Waals surface area contributed by atoms with Gasteiger partial charge in [-0.15, -0.1) is 0 Å². The van der Waals surface area contributed by atoms with Crippen molar-refractivity contribution in [3.8, 4) is 17.1 Å². The third-order valence-corrected chi connectivity index (χ3v) is 2.64. The van der Waals surface area contributed by atoms with Gasteiger partial charge in [0.25, 0.3) is 0 Å². The zero-order valence-electron chi connectivity index (χ0n) is 9.86. The van der Waals surface area contributed by atoms with Crippen LogP contribution in [0.25, 0.3) is 11.4 Å². The Balaban J connectivity index is 2.23. The van der Waals surface area contributed by atoms with Crippen molar-refractivity contribution in [2.75, 3.05) is 6.61 Å². The Morgan fingerprint density at radius 1 is 1.06 bits per heavy atom. The van der Waals surface area contributed by atoms with E-state index in [9.17, 15) is 0 Å². The summed E-state index contributed by atoms with van der Waals surface area (Å²) in [5, 5.41) is 0.660. The van der Waals surface area contributed by atoms with E-state index < -0.39 is 0 Å². The quantitative estimate of drug-likeness (QED) is 0.787. The number of hydrogen-bond acceptors (Lipinski definition) is 3. The molecule has 0 amide bonds. The molecule has 0 aliphatic rings. The van der Waals surface area contributed by atoms with E-state index in [2.05, 4.69) is 16.9 Å². The maximum Gasteiger partial charge on any atom is 0.162 e. The highest BCUT2D eigenvalue weighted by atomic mass is 35.5. The monoisotopic (exact) mass is 282 g/mol. The molecule has 2 rings (SSSR count). The van der Waals surface area contributed by atoms with Crippen LogP contribution < -0.4 is 4.74 Å². The molecule has 3 nitrogen and oxygen atoms in total. The Hall–Kier alpha value is -1.32. The van der Waals surface area contributed by atoms with Gasteiger partial charge in [-0.25, -0.2) is 9.97 Å². The van der Waals surface area contributed by atoms with Crippen molar-refractivity contribution < 1.29 is 4.74 Å². The van der Waals surface area contributed by atoms with E-state index in [1.54, 1.807) is 0 Å². The molecule has 0 saturated carbocycles. The van der Waals surface area contributed by atoms with Crippen LogP contribution in [-0.2, 0) is 0 Å². The summed E-state index contributed by atoms with van der Waals surface area (Å²) < 4.78 is 5.50. The summed E-state index contributed by atoms with van der Waals surface area (Å²) in [4.78, 5) is 8.25. The number of hydrogen-bond donors (Lipinski definition) is 0. The van der Waals surface area contributed by atoms with Crippen LogP contribution in [0.5, 0.6) is 5.75 Å². The molecule has 0 aliphatic heterocycles. The molecule has 1 aromatic carbocycles. The summed E-state index contributed by atoms with van der Waals surface area (Å²) in [5.41, 5.74) is 0.850. The minimum atomic E-state index is 0.330. The number of ether oxygens (including phenoxy) is 1. The first-order valence-electron chi connectivity index (χ1n) is 5.62. The van der Waals surface area contributed by atoms with Crippen LogP contribution in [0.4, 0.5) is 0 Å². The van der Waals surface area contributed by atoms with Crippen molar-refractivity contribution in [2.24, 2.45) is 0 Å². The van der Waals surface area contributed by atoms with Gasteiger partial charge >= 0.3 is 0 Å². The summed E-state index contributed by atoms with van der Waals surface area (Å²) in [5.74, 6) is 1.34. The van der Waals surface area contributed by atoms with Gasteiger partial charge < -0.3 is 4.74 Å². The number of nitrogens with zero attached hydrogens (tertiary/aromatic N) is 2. The summed E-state index contributed by atoms with van der Waals surface area (Å²) in [6.07, 6.45) is 0.981. The predicted octanol–water partition coefficient (Wildman–Crippen LogP) is 4.24. The van der Waals surface area contributed by atoms with Gasteiger partial charge in [-0.2, -0.15) is 0 Å². The van der Waals surface area contributed by atoms with Crippen molar-refractivity contribution in [2.45, 2.75) is 13.3 Å². The van der Waals surface area contributed by atoms with E-state index in [4.69, 9.17) is 27.9 Å². The summed E-state index contributed by atoms with van der Waals surface area (Å²) in [6, 6.07) is 9.03. The van der Waals surface area contributed by atoms with E-state index in [-0.39, 0.29) is 0 Å². The van der Waals surface area contributed by atoms with Crippen LogP contribution in [0, 0.1) is 0 Å². The number of rotatable bonds is 4. The molecular weight excluding hydrogens is 271 g/mol. The van der Waals surface area contributed by atoms with E-state index in [1.807, 2.05) is 24.3 Å². The van der Waals surface area contributed by atoms with Crippen LogP contribution in [-0.4, -0.2) is 16.6 Å². The second kappa shape index (κ2) is 6.03. The number of benzene rings is 1. The fraction of sp³-hybridized carbons (Fsp3) is 0.231. The fourth-order valence-electron chi connectivity index (χ4n) is 1.44. The van der Waals surface area contributed by atoms with Crippen LogP contribution in [0.2, 0.25) is 10.3 Å². The Labute approximate surface area is 116 Å². The van der Waals surface area contributed by atoms with Crippen molar-refractivity contribution in [1.29, 1.82) is 0 Å². The highest BCUT2D eigenvalue weighted by molar-refractivity contribution is 6.33. The molecule has 0 aliphatic carbocycles. The molecule has 5 heteroatoms. The van der Waals surface area contributed by atoms with Gasteiger partial charge in [0.05, 0.1) is 6.61 Å². The molecule has 0 fully saturated rings. The second-order valence-electron chi connectivity index (χ2n) is 3.71. The van der Waals surface area contributed by atoms with E-state index in [1.165, 1.54) is 6.07 Å². The number of aromatic nitrogens is 2. The van der Waals surface area contributed by atoms with Gasteiger partial charge in [0.15, 0.2) is 5.82 Å². The lowest BCUT2D eigenvalue weighted by molar-refractivity contribution is 0.317. The van der Waals surface area contributed by atoms with Gasteiger partial charge in [0.2, 0.25) is 0 Å². The van der Waals surface area contributed by atoms with Crippen LogP contribution in [0.1, 0.15) is 13.3 Å². The van der Waals surface area contributed by atoms with Gasteiger partial charge in [-0.05, 0) is 30.7 Å².